The van der Waals surface area contributed by atoms with Crippen molar-refractivity contribution in [3.05, 3.63) is 73.8 Å². The number of hydrogen-bond donors (Lipinski definition) is 1. The number of thioether (sulfide) groups is 1. The summed E-state index contributed by atoms with van der Waals surface area (Å²) in [5.74, 6) is 0.536. The maximum atomic E-state index is 13.1. The second-order valence-corrected chi connectivity index (χ2v) is 9.80. The molecule has 0 heterocycles. The normalized spacial score (nSPS) is 11.8. The maximum Gasteiger partial charge on any atom is 0.269 e. The molecule has 178 valence electrons. The second-order valence-electron chi connectivity index (χ2n) is 8.00. The van der Waals surface area contributed by atoms with Gasteiger partial charge in [-0.15, -0.1) is 11.8 Å². The minimum Gasteiger partial charge on any atom is -0.354 e. The van der Waals surface area contributed by atoms with Crippen molar-refractivity contribution < 1.29 is 14.5 Å². The van der Waals surface area contributed by atoms with E-state index in [0.29, 0.717) is 22.3 Å². The van der Waals surface area contributed by atoms with Crippen LogP contribution in [0.1, 0.15) is 31.9 Å². The lowest BCUT2D eigenvalue weighted by molar-refractivity contribution is -0.384. The van der Waals surface area contributed by atoms with Crippen LogP contribution in [0, 0.1) is 16.0 Å². The molecule has 2 amide bonds. The van der Waals surface area contributed by atoms with E-state index in [1.54, 1.807) is 37.3 Å². The lowest BCUT2D eigenvalue weighted by Gasteiger charge is -2.29. The monoisotopic (exact) mass is 511 g/mol. The first kappa shape index (κ1) is 27.0. The van der Waals surface area contributed by atoms with Gasteiger partial charge in [-0.2, -0.15) is 0 Å². The van der Waals surface area contributed by atoms with Crippen LogP contribution in [-0.2, 0) is 21.9 Å². The number of non-ortho nitro benzene ring substituents is 1. The van der Waals surface area contributed by atoms with Crippen LogP contribution in [0.5, 0.6) is 0 Å². The number of halogens is 2. The van der Waals surface area contributed by atoms with Gasteiger partial charge in [0.05, 0.1) is 20.7 Å². The minimum absolute atomic E-state index is 0.0221. The second kappa shape index (κ2) is 12.8. The van der Waals surface area contributed by atoms with Gasteiger partial charge in [0.25, 0.3) is 5.69 Å². The summed E-state index contributed by atoms with van der Waals surface area (Å²) in [5, 5.41) is 14.5. The fourth-order valence-corrected chi connectivity index (χ4v) is 4.11. The van der Waals surface area contributed by atoms with Gasteiger partial charge in [-0.05, 0) is 36.1 Å². The van der Waals surface area contributed by atoms with Gasteiger partial charge < -0.3 is 10.2 Å². The van der Waals surface area contributed by atoms with Crippen LogP contribution in [0.15, 0.2) is 42.5 Å². The molecule has 1 atom stereocenters. The number of benzene rings is 2. The molecule has 0 aromatic heterocycles. The average Bonchev–Trinajstić information content (AvgIpc) is 2.77. The smallest absolute Gasteiger partial charge is 0.269 e. The molecule has 0 radical (unpaired) electrons. The van der Waals surface area contributed by atoms with Crippen LogP contribution in [0.4, 0.5) is 5.69 Å². The van der Waals surface area contributed by atoms with Gasteiger partial charge in [0.2, 0.25) is 11.8 Å². The van der Waals surface area contributed by atoms with Crippen LogP contribution in [-0.4, -0.2) is 40.0 Å². The van der Waals surface area contributed by atoms with Gasteiger partial charge in [0.15, 0.2) is 0 Å². The summed E-state index contributed by atoms with van der Waals surface area (Å²) in [6, 6.07) is 10.7. The van der Waals surface area contributed by atoms with Crippen LogP contribution >= 0.6 is 35.0 Å². The molecular formula is C23H27Cl2N3O4S. The van der Waals surface area contributed by atoms with Gasteiger partial charge in [-0.25, -0.2) is 0 Å². The van der Waals surface area contributed by atoms with E-state index in [0.717, 1.165) is 11.1 Å². The molecule has 0 fully saturated rings. The van der Waals surface area contributed by atoms with Crippen molar-refractivity contribution in [2.45, 2.75) is 39.1 Å². The number of nitrogens with one attached hydrogen (secondary N) is 1. The van der Waals surface area contributed by atoms with E-state index in [1.807, 2.05) is 13.8 Å². The zero-order valence-corrected chi connectivity index (χ0v) is 21.0. The van der Waals surface area contributed by atoms with Gasteiger partial charge in [0, 0.05) is 31.0 Å². The van der Waals surface area contributed by atoms with Crippen LogP contribution in [0.2, 0.25) is 10.0 Å². The summed E-state index contributed by atoms with van der Waals surface area (Å²) in [5.41, 5.74) is 1.66. The summed E-state index contributed by atoms with van der Waals surface area (Å²) in [4.78, 5) is 37.6. The molecule has 0 bridgehead atoms. The predicted octanol–water partition coefficient (Wildman–Crippen LogP) is 5.32. The van der Waals surface area contributed by atoms with Crippen LogP contribution < -0.4 is 5.32 Å². The number of carbonyl (C=O) groups excluding carboxylic acids is 2. The van der Waals surface area contributed by atoms with E-state index in [4.69, 9.17) is 23.2 Å². The van der Waals surface area contributed by atoms with E-state index in [2.05, 4.69) is 5.32 Å². The third-order valence-electron chi connectivity index (χ3n) is 4.83. The standard InChI is InChI=1S/C23H27Cl2N3O4S/c1-15(2)11-26-23(30)16(3)27(12-18-6-9-20(24)21(25)10-18)22(29)14-33-13-17-4-7-19(8-5-17)28(31)32/h4-10,15-16H,11-14H2,1-3H3,(H,26,30)/t16-/m1/s1. The van der Waals surface area contributed by atoms with Crippen molar-refractivity contribution in [1.82, 2.24) is 10.2 Å². The number of carbonyl (C=O) groups is 2. The molecule has 0 aliphatic heterocycles. The van der Waals surface area contributed by atoms with Crippen LogP contribution in [0.3, 0.4) is 0 Å². The highest BCUT2D eigenvalue weighted by Crippen LogP contribution is 2.24. The molecule has 2 aromatic carbocycles. The summed E-state index contributed by atoms with van der Waals surface area (Å²) < 4.78 is 0. The first-order chi connectivity index (χ1) is 15.6. The highest BCUT2D eigenvalue weighted by Gasteiger charge is 2.26. The Morgan fingerprint density at radius 2 is 1.70 bits per heavy atom. The molecule has 7 nitrogen and oxygen atoms in total. The lowest BCUT2D eigenvalue weighted by Crippen LogP contribution is -2.48. The first-order valence-electron chi connectivity index (χ1n) is 10.4. The zero-order valence-electron chi connectivity index (χ0n) is 18.7. The Kier molecular flexibility index (Phi) is 10.5. The summed E-state index contributed by atoms with van der Waals surface area (Å²) in [6.07, 6.45) is 0. The molecule has 0 saturated heterocycles. The summed E-state index contributed by atoms with van der Waals surface area (Å²) >= 11 is 13.5. The zero-order chi connectivity index (χ0) is 24.5. The molecule has 0 spiro atoms. The Bertz CT molecular complexity index is 986. The number of amides is 2. The van der Waals surface area contributed by atoms with Gasteiger partial charge >= 0.3 is 0 Å². The molecule has 10 heteroatoms. The third kappa shape index (κ3) is 8.53. The van der Waals surface area contributed by atoms with E-state index in [-0.39, 0.29) is 35.7 Å². The van der Waals surface area contributed by atoms with E-state index < -0.39 is 11.0 Å². The number of nitro groups is 1. The Balaban J connectivity index is 2.08. The molecule has 0 aliphatic carbocycles. The van der Waals surface area contributed by atoms with E-state index in [9.17, 15) is 19.7 Å². The Morgan fingerprint density at radius 1 is 1.06 bits per heavy atom. The highest BCUT2D eigenvalue weighted by molar-refractivity contribution is 7.99. The third-order valence-corrected chi connectivity index (χ3v) is 6.56. The predicted molar refractivity (Wildman–Crippen MR) is 134 cm³/mol. The molecule has 33 heavy (non-hydrogen) atoms. The SMILES string of the molecule is CC(C)CNC(=O)[C@@H](C)N(Cc1ccc(Cl)c(Cl)c1)C(=O)CSCc1ccc([N+](=O)[O-])cc1. The fourth-order valence-electron chi connectivity index (χ4n) is 2.92. The van der Waals surface area contributed by atoms with Crippen molar-refractivity contribution in [2.75, 3.05) is 12.3 Å². The number of hydrogen-bond acceptors (Lipinski definition) is 5. The van der Waals surface area contributed by atoms with Crippen molar-refractivity contribution in [1.29, 1.82) is 0 Å². The molecular weight excluding hydrogens is 485 g/mol. The van der Waals surface area contributed by atoms with Crippen molar-refractivity contribution in [2.24, 2.45) is 5.92 Å². The quantitative estimate of drug-likeness (QED) is 0.325. The van der Waals surface area contributed by atoms with Crippen LogP contribution in [0.25, 0.3) is 0 Å². The minimum atomic E-state index is -0.675. The molecule has 1 N–H and O–H groups in total. The Hall–Kier alpha value is -2.29. The summed E-state index contributed by atoms with van der Waals surface area (Å²) in [6.45, 7) is 6.43. The average molecular weight is 512 g/mol. The van der Waals surface area contributed by atoms with Gasteiger partial charge in [-0.3, -0.25) is 19.7 Å². The number of nitro benzene ring substituents is 1. The molecule has 2 aromatic rings. The van der Waals surface area contributed by atoms with Gasteiger partial charge in [0.1, 0.15) is 6.04 Å². The fraction of sp³-hybridized carbons (Fsp3) is 0.391. The molecule has 0 saturated carbocycles. The number of nitrogens with zero attached hydrogens (tertiary/aromatic N) is 2. The highest BCUT2D eigenvalue weighted by atomic mass is 35.5. The molecule has 2 rings (SSSR count). The van der Waals surface area contributed by atoms with Gasteiger partial charge in [-0.1, -0.05) is 55.2 Å². The van der Waals surface area contributed by atoms with Crippen molar-refractivity contribution >= 4 is 52.5 Å². The Labute approximate surface area is 208 Å². The maximum absolute atomic E-state index is 13.1. The topological polar surface area (TPSA) is 92.6 Å². The summed E-state index contributed by atoms with van der Waals surface area (Å²) in [7, 11) is 0. The number of rotatable bonds is 11. The van der Waals surface area contributed by atoms with E-state index >= 15 is 0 Å². The van der Waals surface area contributed by atoms with Crippen molar-refractivity contribution in [3.8, 4) is 0 Å². The van der Waals surface area contributed by atoms with Crippen molar-refractivity contribution in [3.63, 3.8) is 0 Å². The molecule has 0 aliphatic rings. The van der Waals surface area contributed by atoms with E-state index in [1.165, 1.54) is 28.8 Å². The Morgan fingerprint density at radius 3 is 2.27 bits per heavy atom. The largest absolute Gasteiger partial charge is 0.354 e. The lowest BCUT2D eigenvalue weighted by atomic mass is 10.1. The molecule has 0 unspecified atom stereocenters. The first-order valence-corrected chi connectivity index (χ1v) is 12.3.